The number of hydrogen-bond donors (Lipinski definition) is 2. The molecule has 0 radical (unpaired) electrons. The van der Waals surface area contributed by atoms with Gasteiger partial charge in [0, 0.05) is 17.6 Å². The first-order valence-electron chi connectivity index (χ1n) is 15.0. The Morgan fingerprint density at radius 1 is 0.896 bits per heavy atom. The van der Waals surface area contributed by atoms with E-state index in [1.807, 2.05) is 30.3 Å². The van der Waals surface area contributed by atoms with E-state index in [4.69, 9.17) is 20.4 Å². The molecule has 5 atom stereocenters. The van der Waals surface area contributed by atoms with Crippen molar-refractivity contribution in [3.63, 3.8) is 0 Å². The highest BCUT2D eigenvalue weighted by atomic mass is 19.4. The van der Waals surface area contributed by atoms with Crippen LogP contribution in [0.3, 0.4) is 0 Å². The van der Waals surface area contributed by atoms with Crippen LogP contribution in [0.2, 0.25) is 0 Å². The molecule has 258 valence electrons. The van der Waals surface area contributed by atoms with Crippen molar-refractivity contribution in [1.29, 1.82) is 5.26 Å². The van der Waals surface area contributed by atoms with Crippen molar-refractivity contribution in [3.8, 4) is 6.07 Å². The van der Waals surface area contributed by atoms with Crippen molar-refractivity contribution in [2.24, 2.45) is 11.7 Å². The van der Waals surface area contributed by atoms with Gasteiger partial charge in [-0.05, 0) is 74.3 Å². The molecule has 3 heterocycles. The SMILES string of the molecule is N#C[C@H]1CC[C@@H](C(=O)OCc2ccccc2)N1C(=O)[C@@H](N)C1CC2CCC(C1)N2C(=O)c1ccc(C(F)(F)F)cc1.O=C(O)C(F)(F)F. The van der Waals surface area contributed by atoms with E-state index in [0.717, 1.165) is 17.7 Å². The summed E-state index contributed by atoms with van der Waals surface area (Å²) in [6.07, 6.45) is -6.63. The van der Waals surface area contributed by atoms with E-state index in [1.165, 1.54) is 17.0 Å². The maximum atomic E-state index is 13.7. The first kappa shape index (κ1) is 36.2. The van der Waals surface area contributed by atoms with Crippen LogP contribution in [0.1, 0.15) is 60.0 Å². The second kappa shape index (κ2) is 14.6. The quantitative estimate of drug-likeness (QED) is 0.329. The van der Waals surface area contributed by atoms with E-state index in [9.17, 15) is 46.0 Å². The van der Waals surface area contributed by atoms with Crippen molar-refractivity contribution < 1.29 is 55.4 Å². The Morgan fingerprint density at radius 3 is 1.96 bits per heavy atom. The molecule has 3 aliphatic rings. The van der Waals surface area contributed by atoms with Gasteiger partial charge in [-0.3, -0.25) is 9.59 Å². The number of nitrogens with two attached hydrogens (primary N) is 1. The summed E-state index contributed by atoms with van der Waals surface area (Å²) < 4.78 is 76.1. The molecule has 48 heavy (non-hydrogen) atoms. The second-order valence-corrected chi connectivity index (χ2v) is 11.8. The highest BCUT2D eigenvalue weighted by Crippen LogP contribution is 2.41. The fourth-order valence-electron chi connectivity index (χ4n) is 6.47. The standard InChI is InChI=1S/C30H31F3N4O4.C2HF3O2/c31-30(32,33)21-8-6-19(7-9-21)27(38)36-22-10-11-23(36)15-20(14-22)26(35)28(39)37-24(16-34)12-13-25(37)29(40)41-17-18-4-2-1-3-5-18;3-2(4,5)1(6)7/h1-9,20,22-26H,10-15,17,35H2;(H,6,7)/t20?,22?,23?,24-,25+,26+;/m1./s1. The van der Waals surface area contributed by atoms with E-state index in [0.29, 0.717) is 38.5 Å². The number of likely N-dealkylation sites (tertiary alicyclic amines) is 1. The van der Waals surface area contributed by atoms with Crippen LogP contribution in [0, 0.1) is 17.2 Å². The summed E-state index contributed by atoms with van der Waals surface area (Å²) in [4.78, 5) is 51.8. The molecule has 3 fully saturated rings. The van der Waals surface area contributed by atoms with Crippen LogP contribution in [0.15, 0.2) is 54.6 Å². The van der Waals surface area contributed by atoms with Gasteiger partial charge in [-0.1, -0.05) is 30.3 Å². The lowest BCUT2D eigenvalue weighted by molar-refractivity contribution is -0.192. The summed E-state index contributed by atoms with van der Waals surface area (Å²) >= 11 is 0. The predicted octanol–water partition coefficient (Wildman–Crippen LogP) is 4.68. The Morgan fingerprint density at radius 2 is 1.46 bits per heavy atom. The van der Waals surface area contributed by atoms with Crippen LogP contribution < -0.4 is 5.73 Å². The Kier molecular flexibility index (Phi) is 11.0. The van der Waals surface area contributed by atoms with Gasteiger partial charge in [0.1, 0.15) is 18.7 Å². The number of benzene rings is 2. The Balaban J connectivity index is 0.000000671. The maximum absolute atomic E-state index is 13.7. The summed E-state index contributed by atoms with van der Waals surface area (Å²) in [5.41, 5.74) is 6.66. The summed E-state index contributed by atoms with van der Waals surface area (Å²) in [5.74, 6) is -4.44. The lowest BCUT2D eigenvalue weighted by Crippen LogP contribution is -2.57. The fourth-order valence-corrected chi connectivity index (χ4v) is 6.47. The molecule has 5 rings (SSSR count). The molecule has 3 N–H and O–H groups in total. The number of halogens is 6. The summed E-state index contributed by atoms with van der Waals surface area (Å²) in [6.45, 7) is 0.0518. The average Bonchev–Trinajstić information content (AvgIpc) is 3.60. The van der Waals surface area contributed by atoms with Gasteiger partial charge in [0.05, 0.1) is 17.7 Å². The summed E-state index contributed by atoms with van der Waals surface area (Å²) in [5, 5.41) is 16.8. The number of fused-ring (bicyclic) bond motifs is 2. The zero-order chi connectivity index (χ0) is 35.4. The number of alkyl halides is 6. The first-order valence-corrected chi connectivity index (χ1v) is 15.0. The topological polar surface area (TPSA) is 154 Å². The number of carbonyl (C=O) groups is 4. The molecule has 0 saturated carbocycles. The predicted molar refractivity (Wildman–Crippen MR) is 154 cm³/mol. The zero-order valence-electron chi connectivity index (χ0n) is 25.3. The number of nitriles is 1. The first-order chi connectivity index (χ1) is 22.5. The number of piperidine rings is 1. The molecule has 2 aromatic carbocycles. The Labute approximate surface area is 271 Å². The smallest absolute Gasteiger partial charge is 0.475 e. The minimum atomic E-state index is -5.08. The van der Waals surface area contributed by atoms with E-state index in [2.05, 4.69) is 6.07 Å². The number of aliphatic carboxylic acids is 1. The third-order valence-electron chi connectivity index (χ3n) is 8.78. The molecule has 3 saturated heterocycles. The van der Waals surface area contributed by atoms with Gasteiger partial charge >= 0.3 is 24.3 Å². The van der Waals surface area contributed by atoms with Crippen LogP contribution in [0.25, 0.3) is 0 Å². The molecule has 10 nitrogen and oxygen atoms in total. The molecule has 2 amide bonds. The van der Waals surface area contributed by atoms with E-state index in [-0.39, 0.29) is 36.1 Å². The number of carboxylic acids is 1. The molecular weight excluding hydrogens is 650 g/mol. The largest absolute Gasteiger partial charge is 0.490 e. The van der Waals surface area contributed by atoms with Crippen molar-refractivity contribution in [2.75, 3.05) is 0 Å². The summed E-state index contributed by atoms with van der Waals surface area (Å²) in [6, 6.07) is 12.4. The number of hydrogen-bond acceptors (Lipinski definition) is 7. The molecule has 2 unspecified atom stereocenters. The normalized spacial score (nSPS) is 24.2. The zero-order valence-corrected chi connectivity index (χ0v) is 25.3. The number of carboxylic acid groups (broad SMARTS) is 1. The number of rotatable bonds is 6. The number of ether oxygens (including phenoxy) is 1. The number of esters is 1. The lowest BCUT2D eigenvalue weighted by Gasteiger charge is -2.41. The molecular formula is C32H32F6N4O6. The van der Waals surface area contributed by atoms with Crippen molar-refractivity contribution in [2.45, 2.75) is 87.7 Å². The maximum Gasteiger partial charge on any atom is 0.490 e. The molecule has 2 bridgehead atoms. The Hall–Kier alpha value is -4.65. The monoisotopic (exact) mass is 682 g/mol. The van der Waals surface area contributed by atoms with Gasteiger partial charge in [0.25, 0.3) is 5.91 Å². The van der Waals surface area contributed by atoms with E-state index < -0.39 is 53.9 Å². The van der Waals surface area contributed by atoms with Crippen LogP contribution in [0.5, 0.6) is 0 Å². The molecule has 0 spiro atoms. The number of nitrogens with zero attached hydrogens (tertiary/aromatic N) is 3. The minimum absolute atomic E-state index is 0.0518. The second-order valence-electron chi connectivity index (χ2n) is 11.8. The third kappa shape index (κ3) is 8.25. The number of carbonyl (C=O) groups excluding carboxylic acids is 3. The van der Waals surface area contributed by atoms with E-state index in [1.54, 1.807) is 4.90 Å². The van der Waals surface area contributed by atoms with Gasteiger partial charge in [0.2, 0.25) is 5.91 Å². The third-order valence-corrected chi connectivity index (χ3v) is 8.78. The van der Waals surface area contributed by atoms with Gasteiger partial charge in [-0.15, -0.1) is 0 Å². The lowest BCUT2D eigenvalue weighted by atomic mass is 9.84. The molecule has 3 aliphatic heterocycles. The van der Waals surface area contributed by atoms with Crippen LogP contribution in [0.4, 0.5) is 26.3 Å². The fraction of sp³-hybridized carbons (Fsp3) is 0.469. The van der Waals surface area contributed by atoms with E-state index >= 15 is 0 Å². The van der Waals surface area contributed by atoms with Gasteiger partial charge in [-0.25, -0.2) is 9.59 Å². The average molecular weight is 683 g/mol. The van der Waals surface area contributed by atoms with Crippen molar-refractivity contribution in [3.05, 3.63) is 71.3 Å². The molecule has 16 heteroatoms. The molecule has 0 aromatic heterocycles. The van der Waals surface area contributed by atoms with Crippen LogP contribution in [-0.4, -0.2) is 75.0 Å². The van der Waals surface area contributed by atoms with Gasteiger partial charge < -0.3 is 25.4 Å². The van der Waals surface area contributed by atoms with Crippen LogP contribution >= 0.6 is 0 Å². The minimum Gasteiger partial charge on any atom is -0.475 e. The molecule has 2 aromatic rings. The highest BCUT2D eigenvalue weighted by molar-refractivity contribution is 5.95. The van der Waals surface area contributed by atoms with Gasteiger partial charge in [-0.2, -0.15) is 31.6 Å². The Bertz CT molecular complexity index is 1510. The van der Waals surface area contributed by atoms with Gasteiger partial charge in [0.15, 0.2) is 0 Å². The van der Waals surface area contributed by atoms with Crippen LogP contribution in [-0.2, 0) is 31.9 Å². The highest BCUT2D eigenvalue weighted by Gasteiger charge is 2.49. The summed E-state index contributed by atoms with van der Waals surface area (Å²) in [7, 11) is 0. The molecule has 0 aliphatic carbocycles. The van der Waals surface area contributed by atoms with Crippen molar-refractivity contribution >= 4 is 23.8 Å². The number of amides is 2. The van der Waals surface area contributed by atoms with Crippen molar-refractivity contribution in [1.82, 2.24) is 9.80 Å².